The second kappa shape index (κ2) is 8.13. The fourth-order valence-corrected chi connectivity index (χ4v) is 4.85. The van der Waals surface area contributed by atoms with E-state index in [9.17, 15) is 9.59 Å². The van der Waals surface area contributed by atoms with E-state index < -0.39 is 5.97 Å². The molecule has 0 saturated carbocycles. The predicted octanol–water partition coefficient (Wildman–Crippen LogP) is 3.81. The van der Waals surface area contributed by atoms with Gasteiger partial charge in [-0.1, -0.05) is 24.6 Å². The van der Waals surface area contributed by atoms with Crippen molar-refractivity contribution in [1.82, 2.24) is 5.32 Å². The number of hydrogen-bond acceptors (Lipinski definition) is 5. The molecule has 0 fully saturated rings. The maximum atomic E-state index is 12.3. The van der Waals surface area contributed by atoms with Crippen molar-refractivity contribution in [2.75, 3.05) is 13.2 Å². The molecule has 27 heavy (non-hydrogen) atoms. The van der Waals surface area contributed by atoms with Gasteiger partial charge in [0.15, 0.2) is 6.61 Å². The summed E-state index contributed by atoms with van der Waals surface area (Å²) in [5.74, 6) is 0.102. The van der Waals surface area contributed by atoms with Crippen LogP contribution < -0.4 is 10.1 Å². The molecule has 1 atom stereocenters. The largest absolute Gasteiger partial charge is 0.493 e. The van der Waals surface area contributed by atoms with Gasteiger partial charge in [0, 0.05) is 16.9 Å². The van der Waals surface area contributed by atoms with E-state index in [1.165, 1.54) is 41.0 Å². The van der Waals surface area contributed by atoms with E-state index in [2.05, 4.69) is 5.32 Å². The summed E-state index contributed by atoms with van der Waals surface area (Å²) in [6.45, 7) is 0.295. The van der Waals surface area contributed by atoms with Gasteiger partial charge >= 0.3 is 5.97 Å². The lowest BCUT2D eigenvalue weighted by Crippen LogP contribution is -2.35. The number of rotatable bonds is 4. The fourth-order valence-electron chi connectivity index (χ4n) is 3.70. The Balaban J connectivity index is 1.33. The number of amides is 1. The highest BCUT2D eigenvalue weighted by molar-refractivity contribution is 7.14. The molecule has 2 aromatic rings. The SMILES string of the molecule is O=C(COC(=O)c1cc2c(s1)CCCCC2)NC1CCOc2ccccc21. The van der Waals surface area contributed by atoms with Gasteiger partial charge in [0.05, 0.1) is 12.6 Å². The number of ether oxygens (including phenoxy) is 2. The van der Waals surface area contributed by atoms with Crippen LogP contribution in [-0.2, 0) is 22.4 Å². The second-order valence-electron chi connectivity index (χ2n) is 6.99. The van der Waals surface area contributed by atoms with Crippen LogP contribution in [0.15, 0.2) is 30.3 Å². The molecular formula is C21H23NO4S. The Kier molecular flexibility index (Phi) is 5.43. The number of benzene rings is 1. The van der Waals surface area contributed by atoms with Gasteiger partial charge in [0.25, 0.3) is 5.91 Å². The van der Waals surface area contributed by atoms with Crippen molar-refractivity contribution in [3.8, 4) is 5.75 Å². The lowest BCUT2D eigenvalue weighted by molar-refractivity contribution is -0.125. The average Bonchev–Trinajstić information content (AvgIpc) is 2.97. The van der Waals surface area contributed by atoms with Crippen LogP contribution in [0.4, 0.5) is 0 Å². The monoisotopic (exact) mass is 385 g/mol. The number of carbonyl (C=O) groups excluding carboxylic acids is 2. The summed E-state index contributed by atoms with van der Waals surface area (Å²) in [5, 5.41) is 2.95. The summed E-state index contributed by atoms with van der Waals surface area (Å²) < 4.78 is 10.9. The molecule has 1 unspecified atom stereocenters. The van der Waals surface area contributed by atoms with Gasteiger partial charge in [0.2, 0.25) is 0 Å². The zero-order valence-corrected chi connectivity index (χ0v) is 16.0. The summed E-state index contributed by atoms with van der Waals surface area (Å²) in [4.78, 5) is 26.5. The first-order chi connectivity index (χ1) is 13.2. The molecule has 4 rings (SSSR count). The molecule has 0 saturated heterocycles. The standard InChI is InChI=1S/C21H23NO4S/c23-20(22-16-10-11-25-17-8-5-4-7-15(16)17)13-26-21(24)19-12-14-6-2-1-3-9-18(14)27-19/h4-5,7-8,12,16H,1-3,6,9-11,13H2,(H,22,23). The number of esters is 1. The lowest BCUT2D eigenvalue weighted by Gasteiger charge is -2.26. The van der Waals surface area contributed by atoms with Gasteiger partial charge in [-0.15, -0.1) is 11.3 Å². The van der Waals surface area contributed by atoms with Gasteiger partial charge in [-0.3, -0.25) is 4.79 Å². The van der Waals surface area contributed by atoms with E-state index >= 15 is 0 Å². The molecule has 1 N–H and O–H groups in total. The topological polar surface area (TPSA) is 64.6 Å². The molecule has 1 amide bonds. The maximum absolute atomic E-state index is 12.3. The molecule has 0 bridgehead atoms. The summed E-state index contributed by atoms with van der Waals surface area (Å²) >= 11 is 1.51. The summed E-state index contributed by atoms with van der Waals surface area (Å²) in [6, 6.07) is 9.51. The number of thiophene rings is 1. The van der Waals surface area contributed by atoms with Crippen LogP contribution in [0, 0.1) is 0 Å². The molecule has 1 aromatic heterocycles. The maximum Gasteiger partial charge on any atom is 0.348 e. The smallest absolute Gasteiger partial charge is 0.348 e. The van der Waals surface area contributed by atoms with Crippen molar-refractivity contribution in [1.29, 1.82) is 0 Å². The van der Waals surface area contributed by atoms with Crippen LogP contribution in [0.1, 0.15) is 57.4 Å². The number of nitrogens with one attached hydrogen (secondary N) is 1. The average molecular weight is 385 g/mol. The highest BCUT2D eigenvalue weighted by Gasteiger charge is 2.23. The van der Waals surface area contributed by atoms with Crippen LogP contribution in [0.25, 0.3) is 0 Å². The lowest BCUT2D eigenvalue weighted by atomic mass is 10.0. The molecule has 142 valence electrons. The number of carbonyl (C=O) groups is 2. The van der Waals surface area contributed by atoms with Crippen molar-refractivity contribution in [2.24, 2.45) is 0 Å². The molecule has 5 nitrogen and oxygen atoms in total. The zero-order valence-electron chi connectivity index (χ0n) is 15.2. The van der Waals surface area contributed by atoms with Crippen LogP contribution in [-0.4, -0.2) is 25.1 Å². The Hall–Kier alpha value is -2.34. The van der Waals surface area contributed by atoms with Gasteiger partial charge in [0.1, 0.15) is 10.6 Å². The third-order valence-corrected chi connectivity index (χ3v) is 6.29. The van der Waals surface area contributed by atoms with Crippen molar-refractivity contribution < 1.29 is 19.1 Å². The fraction of sp³-hybridized carbons (Fsp3) is 0.429. The first-order valence-corrected chi connectivity index (χ1v) is 10.3. The summed E-state index contributed by atoms with van der Waals surface area (Å²) in [6.07, 6.45) is 6.37. The first kappa shape index (κ1) is 18.0. The second-order valence-corrected chi connectivity index (χ2v) is 8.13. The Morgan fingerprint density at radius 3 is 2.96 bits per heavy atom. The van der Waals surface area contributed by atoms with Gasteiger partial charge < -0.3 is 14.8 Å². The molecule has 0 radical (unpaired) electrons. The Bertz CT molecular complexity index is 821. The number of fused-ring (bicyclic) bond motifs is 2. The van der Waals surface area contributed by atoms with E-state index in [0.717, 1.165) is 24.2 Å². The van der Waals surface area contributed by atoms with Crippen LogP contribution in [0.3, 0.4) is 0 Å². The minimum Gasteiger partial charge on any atom is -0.493 e. The highest BCUT2D eigenvalue weighted by Crippen LogP contribution is 2.32. The number of aryl methyl sites for hydroxylation is 2. The van der Waals surface area contributed by atoms with Crippen molar-refractivity contribution in [3.63, 3.8) is 0 Å². The molecule has 2 heterocycles. The zero-order chi connectivity index (χ0) is 18.6. The van der Waals surface area contributed by atoms with Crippen molar-refractivity contribution >= 4 is 23.2 Å². The molecule has 1 aliphatic heterocycles. The van der Waals surface area contributed by atoms with Gasteiger partial charge in [-0.2, -0.15) is 0 Å². The highest BCUT2D eigenvalue weighted by atomic mass is 32.1. The van der Waals surface area contributed by atoms with Crippen LogP contribution in [0.2, 0.25) is 0 Å². The quantitative estimate of drug-likeness (QED) is 0.642. The van der Waals surface area contributed by atoms with E-state index in [-0.39, 0.29) is 18.6 Å². The molecule has 6 heteroatoms. The van der Waals surface area contributed by atoms with E-state index in [1.807, 2.05) is 30.3 Å². The normalized spacial score (nSPS) is 18.4. The van der Waals surface area contributed by atoms with Gasteiger partial charge in [-0.25, -0.2) is 4.79 Å². The minimum absolute atomic E-state index is 0.112. The van der Waals surface area contributed by atoms with Crippen LogP contribution >= 0.6 is 11.3 Å². The number of hydrogen-bond donors (Lipinski definition) is 1. The van der Waals surface area contributed by atoms with Crippen LogP contribution in [0.5, 0.6) is 5.75 Å². The van der Waals surface area contributed by atoms with Gasteiger partial charge in [-0.05, 0) is 43.4 Å². The van der Waals surface area contributed by atoms with Crippen molar-refractivity contribution in [2.45, 2.75) is 44.6 Å². The third-order valence-electron chi connectivity index (χ3n) is 5.08. The molecule has 2 aliphatic rings. The Morgan fingerprint density at radius 1 is 1.19 bits per heavy atom. The third kappa shape index (κ3) is 4.16. The number of para-hydroxylation sites is 1. The molecule has 1 aliphatic carbocycles. The van der Waals surface area contributed by atoms with E-state index in [1.54, 1.807) is 0 Å². The molecular weight excluding hydrogens is 362 g/mol. The van der Waals surface area contributed by atoms with E-state index in [4.69, 9.17) is 9.47 Å². The minimum atomic E-state index is -0.407. The van der Waals surface area contributed by atoms with Crippen molar-refractivity contribution in [3.05, 3.63) is 51.2 Å². The molecule has 0 spiro atoms. The first-order valence-electron chi connectivity index (χ1n) is 9.50. The Morgan fingerprint density at radius 2 is 2.04 bits per heavy atom. The predicted molar refractivity (Wildman–Crippen MR) is 103 cm³/mol. The van der Waals surface area contributed by atoms with E-state index in [0.29, 0.717) is 17.9 Å². The molecule has 1 aromatic carbocycles. The Labute approximate surface area is 162 Å². The summed E-state index contributed by atoms with van der Waals surface area (Å²) in [7, 11) is 0. The summed E-state index contributed by atoms with van der Waals surface area (Å²) in [5.41, 5.74) is 2.23.